The lowest BCUT2D eigenvalue weighted by Crippen LogP contribution is -2.34. The number of piperidine rings is 1. The van der Waals surface area contributed by atoms with E-state index in [0.717, 1.165) is 13.1 Å². The molecule has 1 saturated heterocycles. The zero-order valence-corrected chi connectivity index (χ0v) is 11.1. The second-order valence-electron chi connectivity index (χ2n) is 5.21. The standard InChI is InChI=1S/C13H22N4O/c1-10(11-4-3-6-14-9-11)8-13(18)15-12-5-7-17(2)16-12/h5,7,10-11,14H,3-4,6,8-9H2,1-2H3,(H,15,16,18). The van der Waals surface area contributed by atoms with Gasteiger partial charge in [-0.3, -0.25) is 9.48 Å². The molecule has 0 aromatic carbocycles. The molecular weight excluding hydrogens is 228 g/mol. The number of carbonyl (C=O) groups is 1. The summed E-state index contributed by atoms with van der Waals surface area (Å²) < 4.78 is 1.68. The third kappa shape index (κ3) is 3.57. The van der Waals surface area contributed by atoms with Gasteiger partial charge in [0, 0.05) is 25.7 Å². The molecule has 1 aliphatic rings. The van der Waals surface area contributed by atoms with Gasteiger partial charge in [-0.2, -0.15) is 5.10 Å². The zero-order chi connectivity index (χ0) is 13.0. The Bertz CT molecular complexity index is 395. The van der Waals surface area contributed by atoms with E-state index in [1.807, 2.05) is 19.3 Å². The lowest BCUT2D eigenvalue weighted by atomic mass is 9.85. The molecule has 1 aliphatic heterocycles. The molecule has 5 nitrogen and oxygen atoms in total. The van der Waals surface area contributed by atoms with Gasteiger partial charge in [0.05, 0.1) is 0 Å². The highest BCUT2D eigenvalue weighted by Crippen LogP contribution is 2.22. The van der Waals surface area contributed by atoms with Gasteiger partial charge < -0.3 is 10.6 Å². The van der Waals surface area contributed by atoms with Crippen molar-refractivity contribution in [3.63, 3.8) is 0 Å². The van der Waals surface area contributed by atoms with E-state index >= 15 is 0 Å². The van der Waals surface area contributed by atoms with Crippen LogP contribution in [0.3, 0.4) is 0 Å². The summed E-state index contributed by atoms with van der Waals surface area (Å²) in [5.41, 5.74) is 0. The highest BCUT2D eigenvalue weighted by atomic mass is 16.1. The van der Waals surface area contributed by atoms with Crippen molar-refractivity contribution < 1.29 is 4.79 Å². The summed E-state index contributed by atoms with van der Waals surface area (Å²) in [6.45, 7) is 4.32. The van der Waals surface area contributed by atoms with Gasteiger partial charge in [0.15, 0.2) is 5.82 Å². The van der Waals surface area contributed by atoms with E-state index in [1.165, 1.54) is 12.8 Å². The summed E-state index contributed by atoms with van der Waals surface area (Å²) in [4.78, 5) is 11.9. The van der Waals surface area contributed by atoms with E-state index < -0.39 is 0 Å². The Balaban J connectivity index is 1.79. The van der Waals surface area contributed by atoms with Crippen LogP contribution in [0.4, 0.5) is 5.82 Å². The first kappa shape index (κ1) is 13.1. The SMILES string of the molecule is CC(CC(=O)Nc1ccn(C)n1)C1CCCNC1. The number of anilines is 1. The molecule has 2 heterocycles. The third-order valence-electron chi connectivity index (χ3n) is 3.63. The van der Waals surface area contributed by atoms with E-state index in [0.29, 0.717) is 24.1 Å². The van der Waals surface area contributed by atoms with E-state index in [2.05, 4.69) is 22.7 Å². The second kappa shape index (κ2) is 6.00. The fourth-order valence-electron chi connectivity index (χ4n) is 2.50. The van der Waals surface area contributed by atoms with Gasteiger partial charge in [0.25, 0.3) is 0 Å². The monoisotopic (exact) mass is 250 g/mol. The summed E-state index contributed by atoms with van der Waals surface area (Å²) in [7, 11) is 1.84. The maximum Gasteiger partial charge on any atom is 0.225 e. The van der Waals surface area contributed by atoms with Crippen molar-refractivity contribution in [2.45, 2.75) is 26.2 Å². The van der Waals surface area contributed by atoms with Crippen LogP contribution in [0.5, 0.6) is 0 Å². The van der Waals surface area contributed by atoms with Gasteiger partial charge >= 0.3 is 0 Å². The number of aromatic nitrogens is 2. The summed E-state index contributed by atoms with van der Waals surface area (Å²) >= 11 is 0. The predicted octanol–water partition coefficient (Wildman–Crippen LogP) is 1.38. The number of nitrogens with one attached hydrogen (secondary N) is 2. The average Bonchev–Trinajstić information content (AvgIpc) is 2.75. The molecule has 2 N–H and O–H groups in total. The molecule has 18 heavy (non-hydrogen) atoms. The smallest absolute Gasteiger partial charge is 0.225 e. The molecule has 2 atom stereocenters. The van der Waals surface area contributed by atoms with Gasteiger partial charge in [-0.05, 0) is 37.8 Å². The van der Waals surface area contributed by atoms with Crippen molar-refractivity contribution in [1.29, 1.82) is 0 Å². The van der Waals surface area contributed by atoms with Crippen LogP contribution in [-0.4, -0.2) is 28.8 Å². The predicted molar refractivity (Wildman–Crippen MR) is 71.2 cm³/mol. The molecule has 1 fully saturated rings. The molecule has 100 valence electrons. The quantitative estimate of drug-likeness (QED) is 0.849. The van der Waals surface area contributed by atoms with E-state index in [1.54, 1.807) is 4.68 Å². The zero-order valence-electron chi connectivity index (χ0n) is 11.1. The molecule has 1 aromatic rings. The van der Waals surface area contributed by atoms with Gasteiger partial charge in [-0.1, -0.05) is 6.92 Å². The third-order valence-corrected chi connectivity index (χ3v) is 3.63. The first-order valence-electron chi connectivity index (χ1n) is 6.65. The summed E-state index contributed by atoms with van der Waals surface area (Å²) in [5.74, 6) is 1.73. The van der Waals surface area contributed by atoms with E-state index in [-0.39, 0.29) is 5.91 Å². The Morgan fingerprint density at radius 3 is 3.17 bits per heavy atom. The molecule has 0 saturated carbocycles. The van der Waals surface area contributed by atoms with Crippen molar-refractivity contribution in [2.75, 3.05) is 18.4 Å². The van der Waals surface area contributed by atoms with E-state index in [9.17, 15) is 4.79 Å². The maximum absolute atomic E-state index is 11.9. The molecule has 0 spiro atoms. The van der Waals surface area contributed by atoms with Crippen LogP contribution in [0.2, 0.25) is 0 Å². The van der Waals surface area contributed by atoms with Crippen LogP contribution in [0.1, 0.15) is 26.2 Å². The molecule has 2 unspecified atom stereocenters. The number of rotatable bonds is 4. The maximum atomic E-state index is 11.9. The molecule has 5 heteroatoms. The number of nitrogens with zero attached hydrogens (tertiary/aromatic N) is 2. The molecule has 1 amide bonds. The minimum absolute atomic E-state index is 0.0618. The minimum atomic E-state index is 0.0618. The van der Waals surface area contributed by atoms with E-state index in [4.69, 9.17) is 0 Å². The number of carbonyl (C=O) groups excluding carboxylic acids is 1. The van der Waals surface area contributed by atoms with Crippen LogP contribution in [0.15, 0.2) is 12.3 Å². The number of hydrogen-bond donors (Lipinski definition) is 2. The largest absolute Gasteiger partial charge is 0.316 e. The first-order chi connectivity index (χ1) is 8.65. The fourth-order valence-corrected chi connectivity index (χ4v) is 2.50. The van der Waals surface area contributed by atoms with Crippen molar-refractivity contribution in [3.05, 3.63) is 12.3 Å². The second-order valence-corrected chi connectivity index (χ2v) is 5.21. The summed E-state index contributed by atoms with van der Waals surface area (Å²) in [6.07, 6.45) is 4.84. The first-order valence-corrected chi connectivity index (χ1v) is 6.65. The van der Waals surface area contributed by atoms with Crippen molar-refractivity contribution in [2.24, 2.45) is 18.9 Å². The van der Waals surface area contributed by atoms with Crippen LogP contribution in [-0.2, 0) is 11.8 Å². The van der Waals surface area contributed by atoms with Crippen LogP contribution < -0.4 is 10.6 Å². The summed E-state index contributed by atoms with van der Waals surface area (Å²) in [6, 6.07) is 1.81. The molecule has 2 rings (SSSR count). The topological polar surface area (TPSA) is 59.0 Å². The molecule has 0 radical (unpaired) electrons. The Morgan fingerprint density at radius 2 is 2.56 bits per heavy atom. The number of amides is 1. The molecule has 0 bridgehead atoms. The van der Waals surface area contributed by atoms with Crippen LogP contribution >= 0.6 is 0 Å². The van der Waals surface area contributed by atoms with Gasteiger partial charge in [0.2, 0.25) is 5.91 Å². The fraction of sp³-hybridized carbons (Fsp3) is 0.692. The van der Waals surface area contributed by atoms with Crippen molar-refractivity contribution in [3.8, 4) is 0 Å². The Morgan fingerprint density at radius 1 is 1.72 bits per heavy atom. The Kier molecular flexibility index (Phi) is 4.36. The normalized spacial score (nSPS) is 21.6. The van der Waals surface area contributed by atoms with Gasteiger partial charge in [0.1, 0.15) is 0 Å². The molecule has 1 aromatic heterocycles. The van der Waals surface area contributed by atoms with Crippen LogP contribution in [0.25, 0.3) is 0 Å². The summed E-state index contributed by atoms with van der Waals surface area (Å²) in [5, 5.41) is 10.4. The van der Waals surface area contributed by atoms with Gasteiger partial charge in [-0.25, -0.2) is 0 Å². The van der Waals surface area contributed by atoms with Gasteiger partial charge in [-0.15, -0.1) is 0 Å². The Hall–Kier alpha value is -1.36. The van der Waals surface area contributed by atoms with Crippen molar-refractivity contribution in [1.82, 2.24) is 15.1 Å². The highest BCUT2D eigenvalue weighted by Gasteiger charge is 2.22. The average molecular weight is 250 g/mol. The number of aryl methyl sites for hydroxylation is 1. The lowest BCUT2D eigenvalue weighted by molar-refractivity contribution is -0.117. The highest BCUT2D eigenvalue weighted by molar-refractivity contribution is 5.89. The Labute approximate surface area is 108 Å². The van der Waals surface area contributed by atoms with Crippen molar-refractivity contribution >= 4 is 11.7 Å². The molecular formula is C13H22N4O. The lowest BCUT2D eigenvalue weighted by Gasteiger charge is -2.27. The minimum Gasteiger partial charge on any atom is -0.316 e. The number of hydrogen-bond acceptors (Lipinski definition) is 3. The van der Waals surface area contributed by atoms with Crippen LogP contribution in [0, 0.1) is 11.8 Å². The molecule has 0 aliphatic carbocycles.